The van der Waals surface area contributed by atoms with Gasteiger partial charge >= 0.3 is 12.1 Å². The molecule has 1 aliphatic rings. The summed E-state index contributed by atoms with van der Waals surface area (Å²) in [7, 11) is 0. The average molecular weight is 272 g/mol. The second-order valence-corrected chi connectivity index (χ2v) is 4.73. The van der Waals surface area contributed by atoms with Crippen LogP contribution in [0.15, 0.2) is 24.3 Å². The van der Waals surface area contributed by atoms with E-state index < -0.39 is 12.1 Å². The van der Waals surface area contributed by atoms with Crippen LogP contribution < -0.4 is 10.6 Å². The van der Waals surface area contributed by atoms with E-state index in [1.165, 1.54) is 18.9 Å². The molecule has 0 unspecified atom stereocenters. The Hall–Kier alpha value is -1.56. The molecular weight excluding hydrogens is 257 g/mol. The van der Waals surface area contributed by atoms with Crippen LogP contribution in [-0.4, -0.2) is 18.6 Å². The van der Waals surface area contributed by atoms with Crippen molar-refractivity contribution >= 4 is 11.6 Å². The number of nitrogens with one attached hydrogen (secondary N) is 2. The molecule has 1 aromatic carbocycles. The zero-order valence-corrected chi connectivity index (χ0v) is 10.3. The van der Waals surface area contributed by atoms with Crippen molar-refractivity contribution in [1.82, 2.24) is 5.32 Å². The van der Waals surface area contributed by atoms with E-state index in [0.717, 1.165) is 18.0 Å². The van der Waals surface area contributed by atoms with E-state index in [2.05, 4.69) is 5.32 Å². The first-order valence-corrected chi connectivity index (χ1v) is 6.13. The van der Waals surface area contributed by atoms with Gasteiger partial charge in [-0.15, -0.1) is 0 Å². The highest BCUT2D eigenvalue weighted by atomic mass is 19.4. The molecule has 0 spiro atoms. The molecule has 6 heteroatoms. The summed E-state index contributed by atoms with van der Waals surface area (Å²) in [5.41, 5.74) is 1.01. The van der Waals surface area contributed by atoms with Crippen LogP contribution in [0.5, 0.6) is 0 Å². The summed E-state index contributed by atoms with van der Waals surface area (Å²) in [5.74, 6) is -1.20. The monoisotopic (exact) mass is 272 g/mol. The van der Waals surface area contributed by atoms with Gasteiger partial charge in [0.2, 0.25) is 0 Å². The lowest BCUT2D eigenvalue weighted by molar-refractivity contribution is -0.167. The highest BCUT2D eigenvalue weighted by Gasteiger charge is 2.38. The minimum Gasteiger partial charge on any atom is -0.318 e. The van der Waals surface area contributed by atoms with Crippen molar-refractivity contribution < 1.29 is 18.0 Å². The Morgan fingerprint density at radius 3 is 2.68 bits per heavy atom. The molecule has 0 heterocycles. The molecule has 0 atom stereocenters. The van der Waals surface area contributed by atoms with Crippen LogP contribution in [0.25, 0.3) is 0 Å². The van der Waals surface area contributed by atoms with Crippen molar-refractivity contribution in [1.29, 1.82) is 0 Å². The summed E-state index contributed by atoms with van der Waals surface area (Å²) >= 11 is 0. The van der Waals surface area contributed by atoms with Gasteiger partial charge in [-0.2, -0.15) is 13.2 Å². The first-order valence-electron chi connectivity index (χ1n) is 6.13. The summed E-state index contributed by atoms with van der Waals surface area (Å²) in [4.78, 5) is 10.8. The maximum atomic E-state index is 12.1. The van der Waals surface area contributed by atoms with Crippen molar-refractivity contribution in [2.75, 3.05) is 11.9 Å². The standard InChI is InChI=1S/C13H15F3N2O/c14-13(15,16)12(19)18-11-3-1-2-10(6-11)8-17-7-9-4-5-9/h1-3,6,9,17H,4-5,7-8H2,(H,18,19). The molecule has 0 radical (unpaired) electrons. The van der Waals surface area contributed by atoms with Crippen molar-refractivity contribution in [2.45, 2.75) is 25.6 Å². The zero-order valence-electron chi connectivity index (χ0n) is 10.3. The number of anilines is 1. The smallest absolute Gasteiger partial charge is 0.318 e. The SMILES string of the molecule is O=C(Nc1cccc(CNCC2CC2)c1)C(F)(F)F. The van der Waals surface area contributed by atoms with Crippen LogP contribution in [0.1, 0.15) is 18.4 Å². The lowest BCUT2D eigenvalue weighted by Gasteiger charge is -2.09. The lowest BCUT2D eigenvalue weighted by atomic mass is 10.2. The molecule has 1 saturated carbocycles. The molecule has 1 aliphatic carbocycles. The predicted molar refractivity (Wildman–Crippen MR) is 65.6 cm³/mol. The highest BCUT2D eigenvalue weighted by Crippen LogP contribution is 2.27. The van der Waals surface area contributed by atoms with Gasteiger partial charge in [0.05, 0.1) is 0 Å². The van der Waals surface area contributed by atoms with Crippen LogP contribution in [-0.2, 0) is 11.3 Å². The maximum absolute atomic E-state index is 12.1. The van der Waals surface area contributed by atoms with E-state index in [1.807, 2.05) is 11.4 Å². The largest absolute Gasteiger partial charge is 0.471 e. The van der Waals surface area contributed by atoms with Gasteiger partial charge in [-0.3, -0.25) is 4.79 Å². The molecule has 2 rings (SSSR count). The van der Waals surface area contributed by atoms with Gasteiger partial charge in [-0.25, -0.2) is 0 Å². The van der Waals surface area contributed by atoms with Crippen molar-refractivity contribution in [3.05, 3.63) is 29.8 Å². The summed E-state index contributed by atoms with van der Waals surface area (Å²) in [6.07, 6.45) is -2.37. The zero-order chi connectivity index (χ0) is 13.9. The van der Waals surface area contributed by atoms with E-state index in [4.69, 9.17) is 0 Å². The number of benzene rings is 1. The topological polar surface area (TPSA) is 41.1 Å². The third-order valence-electron chi connectivity index (χ3n) is 2.90. The minimum absolute atomic E-state index is 0.160. The Morgan fingerprint density at radius 1 is 1.32 bits per heavy atom. The van der Waals surface area contributed by atoms with Crippen LogP contribution in [0.3, 0.4) is 0 Å². The molecular formula is C13H15F3N2O. The molecule has 0 saturated heterocycles. The molecule has 0 aromatic heterocycles. The summed E-state index contributed by atoms with van der Waals surface area (Å²) < 4.78 is 36.3. The lowest BCUT2D eigenvalue weighted by Crippen LogP contribution is -2.30. The van der Waals surface area contributed by atoms with E-state index in [9.17, 15) is 18.0 Å². The van der Waals surface area contributed by atoms with Gasteiger partial charge in [0.25, 0.3) is 0 Å². The van der Waals surface area contributed by atoms with Gasteiger partial charge in [0.15, 0.2) is 0 Å². The van der Waals surface area contributed by atoms with Crippen LogP contribution in [0, 0.1) is 5.92 Å². The maximum Gasteiger partial charge on any atom is 0.471 e. The molecule has 3 nitrogen and oxygen atoms in total. The molecule has 1 amide bonds. The molecule has 1 aromatic rings. The van der Waals surface area contributed by atoms with Crippen LogP contribution in [0.2, 0.25) is 0 Å². The van der Waals surface area contributed by atoms with Gasteiger partial charge in [0, 0.05) is 12.2 Å². The number of rotatable bonds is 5. The van der Waals surface area contributed by atoms with E-state index in [-0.39, 0.29) is 5.69 Å². The van der Waals surface area contributed by atoms with Crippen LogP contribution >= 0.6 is 0 Å². The van der Waals surface area contributed by atoms with E-state index >= 15 is 0 Å². The number of halogens is 3. The summed E-state index contributed by atoms with van der Waals surface area (Å²) in [6.45, 7) is 1.52. The highest BCUT2D eigenvalue weighted by molar-refractivity contribution is 5.94. The second-order valence-electron chi connectivity index (χ2n) is 4.73. The predicted octanol–water partition coefficient (Wildman–Crippen LogP) is 2.69. The molecule has 19 heavy (non-hydrogen) atoms. The summed E-state index contributed by atoms with van der Waals surface area (Å²) in [6, 6.07) is 6.42. The fourth-order valence-electron chi connectivity index (χ4n) is 1.70. The van der Waals surface area contributed by atoms with Crippen LogP contribution in [0.4, 0.5) is 18.9 Å². The van der Waals surface area contributed by atoms with Crippen molar-refractivity contribution in [2.24, 2.45) is 5.92 Å². The number of carbonyl (C=O) groups excluding carboxylic acids is 1. The van der Waals surface area contributed by atoms with Crippen molar-refractivity contribution in [3.8, 4) is 0 Å². The number of hydrogen-bond donors (Lipinski definition) is 2. The van der Waals surface area contributed by atoms with Gasteiger partial charge < -0.3 is 10.6 Å². The Balaban J connectivity index is 1.88. The fourth-order valence-corrected chi connectivity index (χ4v) is 1.70. The van der Waals surface area contributed by atoms with E-state index in [0.29, 0.717) is 6.54 Å². The Bertz CT molecular complexity index is 455. The third-order valence-corrected chi connectivity index (χ3v) is 2.90. The van der Waals surface area contributed by atoms with Gasteiger partial charge in [-0.05, 0) is 43.0 Å². The first kappa shape index (κ1) is 13.9. The Kier molecular flexibility index (Phi) is 4.09. The third kappa shape index (κ3) is 4.55. The number of amides is 1. The number of alkyl halides is 3. The van der Waals surface area contributed by atoms with Crippen molar-refractivity contribution in [3.63, 3.8) is 0 Å². The molecule has 0 bridgehead atoms. The minimum atomic E-state index is -4.86. The van der Waals surface area contributed by atoms with Gasteiger partial charge in [-0.1, -0.05) is 12.1 Å². The number of hydrogen-bond acceptors (Lipinski definition) is 2. The molecule has 0 aliphatic heterocycles. The first-order chi connectivity index (χ1) is 8.95. The summed E-state index contributed by atoms with van der Waals surface area (Å²) in [5, 5.41) is 5.08. The number of carbonyl (C=O) groups is 1. The van der Waals surface area contributed by atoms with E-state index in [1.54, 1.807) is 12.1 Å². The fraction of sp³-hybridized carbons (Fsp3) is 0.462. The Morgan fingerprint density at radius 2 is 2.05 bits per heavy atom. The molecule has 2 N–H and O–H groups in total. The molecule has 104 valence electrons. The average Bonchev–Trinajstić information content (AvgIpc) is 3.12. The quantitative estimate of drug-likeness (QED) is 0.865. The Labute approximate surface area is 109 Å². The normalized spacial score (nSPS) is 15.3. The van der Waals surface area contributed by atoms with Gasteiger partial charge in [0.1, 0.15) is 0 Å². The second kappa shape index (κ2) is 5.61. The molecule has 1 fully saturated rings.